The van der Waals surface area contributed by atoms with Crippen LogP contribution in [0, 0.1) is 12.7 Å². The van der Waals surface area contributed by atoms with E-state index in [2.05, 4.69) is 25.4 Å². The summed E-state index contributed by atoms with van der Waals surface area (Å²) in [6.45, 7) is 4.20. The third kappa shape index (κ3) is 6.01. The summed E-state index contributed by atoms with van der Waals surface area (Å²) in [6.07, 6.45) is -0.101. The van der Waals surface area contributed by atoms with E-state index >= 15 is 0 Å². The Balaban J connectivity index is 1.27. The predicted octanol–water partition coefficient (Wildman–Crippen LogP) is 4.63. The van der Waals surface area contributed by atoms with Gasteiger partial charge in [0.2, 0.25) is 11.7 Å². The highest BCUT2D eigenvalue weighted by molar-refractivity contribution is 6.33. The van der Waals surface area contributed by atoms with E-state index < -0.39 is 57.6 Å². The maximum absolute atomic E-state index is 14.9. The van der Waals surface area contributed by atoms with Crippen molar-refractivity contribution in [1.29, 1.82) is 0 Å². The number of benzene rings is 1. The highest BCUT2D eigenvalue weighted by Crippen LogP contribution is 2.50. The number of carbonyl (C=O) groups excluding carboxylic acids is 2. The Kier molecular flexibility index (Phi) is 8.60. The van der Waals surface area contributed by atoms with Crippen LogP contribution in [-0.2, 0) is 27.7 Å². The van der Waals surface area contributed by atoms with Gasteiger partial charge in [-0.05, 0) is 56.2 Å². The number of fused-ring (bicyclic) bond motifs is 3. The van der Waals surface area contributed by atoms with Crippen molar-refractivity contribution >= 4 is 40.5 Å². The first-order valence-corrected chi connectivity index (χ1v) is 16.5. The molecule has 1 fully saturated rings. The Morgan fingerprint density at radius 1 is 1.20 bits per heavy atom. The summed E-state index contributed by atoms with van der Waals surface area (Å²) in [7, 11) is 0. The van der Waals surface area contributed by atoms with Crippen molar-refractivity contribution in [2.45, 2.75) is 63.6 Å². The van der Waals surface area contributed by atoms with Crippen molar-refractivity contribution in [2.24, 2.45) is 0 Å². The molecule has 2 aliphatic heterocycles. The number of amides is 2. The van der Waals surface area contributed by atoms with Gasteiger partial charge in [0.05, 0.1) is 35.2 Å². The molecule has 0 radical (unpaired) electrons. The highest BCUT2D eigenvalue weighted by atomic mass is 35.5. The van der Waals surface area contributed by atoms with E-state index in [4.69, 9.17) is 16.3 Å². The van der Waals surface area contributed by atoms with E-state index in [1.165, 1.54) is 10.9 Å². The number of likely N-dealkylation sites (tertiary alicyclic amines) is 1. The molecule has 0 bridgehead atoms. The van der Waals surface area contributed by atoms with Crippen LogP contribution in [0.15, 0.2) is 29.3 Å². The molecule has 5 heterocycles. The van der Waals surface area contributed by atoms with Crippen molar-refractivity contribution in [1.82, 2.24) is 34.0 Å². The summed E-state index contributed by atoms with van der Waals surface area (Å²) in [5.41, 5.74) is -1.24. The average molecular weight is 731 g/mol. The number of ether oxygens (including phenoxy) is 1. The standard InChI is InChI=1S/C33H31ClF4N8O5/c1-16-13-32(5-7-44(8-6-32)30(50)25-27(48)17(2)39-15-40-25)23-26(16)45(31-42-28(43-46(31)29(23)49)18-3-9-51-10-4-18)14-22(47)41-24-20(34)11-19(12-21(24)35)33(36,37)38/h3,11-12,15-16,48H,4-10,13-14H2,1-2H3,(H,41,47)/t16-/m1/s1. The molecule has 1 aliphatic carbocycles. The molecule has 268 valence electrons. The number of anilines is 1. The van der Waals surface area contributed by atoms with Gasteiger partial charge in [-0.15, -0.1) is 5.10 Å². The normalized spacial score (nSPS) is 18.6. The third-order valence-electron chi connectivity index (χ3n) is 9.88. The fraction of sp³-hybridized carbons (Fsp3) is 0.424. The smallest absolute Gasteiger partial charge is 0.416 e. The van der Waals surface area contributed by atoms with Gasteiger partial charge in [-0.1, -0.05) is 24.6 Å². The quantitative estimate of drug-likeness (QED) is 0.280. The molecular formula is C33H31ClF4N8O5. The van der Waals surface area contributed by atoms with Gasteiger partial charge in [-0.2, -0.15) is 22.7 Å². The van der Waals surface area contributed by atoms with E-state index in [1.807, 2.05) is 6.92 Å². The first kappa shape index (κ1) is 34.5. The lowest BCUT2D eigenvalue weighted by Gasteiger charge is -2.39. The number of aromatic nitrogens is 6. The number of piperidine rings is 1. The molecule has 3 aliphatic rings. The van der Waals surface area contributed by atoms with E-state index in [9.17, 15) is 37.1 Å². The Hall–Kier alpha value is -4.90. The second-order valence-electron chi connectivity index (χ2n) is 13.0. The summed E-state index contributed by atoms with van der Waals surface area (Å²) in [5, 5.41) is 16.6. The average Bonchev–Trinajstić information content (AvgIpc) is 3.66. The number of hydrogen-bond donors (Lipinski definition) is 2. The number of hydrogen-bond acceptors (Lipinski definition) is 9. The van der Waals surface area contributed by atoms with Gasteiger partial charge in [0.15, 0.2) is 17.3 Å². The molecule has 4 aromatic rings. The van der Waals surface area contributed by atoms with Crippen LogP contribution in [0.3, 0.4) is 0 Å². The second kappa shape index (κ2) is 12.7. The first-order chi connectivity index (χ1) is 24.2. The third-order valence-corrected chi connectivity index (χ3v) is 10.2. The number of aromatic hydroxyl groups is 1. The molecule has 1 saturated heterocycles. The monoisotopic (exact) mass is 730 g/mol. The number of nitrogens with one attached hydrogen (secondary N) is 1. The van der Waals surface area contributed by atoms with Crippen LogP contribution >= 0.6 is 11.6 Å². The van der Waals surface area contributed by atoms with Gasteiger partial charge in [-0.25, -0.2) is 14.4 Å². The van der Waals surface area contributed by atoms with Gasteiger partial charge in [0, 0.05) is 29.8 Å². The topological polar surface area (TPSA) is 157 Å². The molecule has 18 heteroatoms. The lowest BCUT2D eigenvalue weighted by Crippen LogP contribution is -2.46. The molecule has 13 nitrogen and oxygen atoms in total. The van der Waals surface area contributed by atoms with Gasteiger partial charge < -0.3 is 24.6 Å². The number of rotatable bonds is 5. The fourth-order valence-electron chi connectivity index (χ4n) is 7.43. The Bertz CT molecular complexity index is 2170. The minimum Gasteiger partial charge on any atom is -0.504 e. The molecule has 1 spiro atoms. The van der Waals surface area contributed by atoms with E-state index in [0.29, 0.717) is 56.2 Å². The minimum absolute atomic E-state index is 0.0569. The van der Waals surface area contributed by atoms with Crippen molar-refractivity contribution in [2.75, 3.05) is 31.6 Å². The molecule has 2 N–H and O–H groups in total. The summed E-state index contributed by atoms with van der Waals surface area (Å²) >= 11 is 6.00. The van der Waals surface area contributed by atoms with Gasteiger partial charge in [-0.3, -0.25) is 14.4 Å². The first-order valence-electron chi connectivity index (χ1n) is 16.2. The Morgan fingerprint density at radius 2 is 1.94 bits per heavy atom. The summed E-state index contributed by atoms with van der Waals surface area (Å²) < 4.78 is 62.6. The molecule has 1 atom stereocenters. The van der Waals surface area contributed by atoms with Crippen LogP contribution in [0.4, 0.5) is 23.2 Å². The number of carbonyl (C=O) groups is 2. The van der Waals surface area contributed by atoms with E-state index in [1.54, 1.807) is 17.9 Å². The zero-order valence-electron chi connectivity index (χ0n) is 27.4. The van der Waals surface area contributed by atoms with Crippen molar-refractivity contribution in [3.05, 3.63) is 79.8 Å². The lowest BCUT2D eigenvalue weighted by molar-refractivity contribution is -0.137. The number of aryl methyl sites for hydroxylation is 1. The van der Waals surface area contributed by atoms with Crippen LogP contribution in [0.5, 0.6) is 5.75 Å². The molecule has 7 rings (SSSR count). The predicted molar refractivity (Wildman–Crippen MR) is 174 cm³/mol. The molecule has 3 aromatic heterocycles. The number of alkyl halides is 3. The SMILES string of the molecule is Cc1ncnc(C(=O)N2CCC3(CC2)C[C@@H](C)c2c3c(=O)n3nc(C4=CCOCC4)nc3n2CC(=O)Nc2c(F)cc(C(F)(F)F)cc2Cl)c1O. The summed E-state index contributed by atoms with van der Waals surface area (Å²) in [5.74, 6) is -2.92. The molecule has 0 saturated carbocycles. The van der Waals surface area contributed by atoms with Crippen LogP contribution in [0.25, 0.3) is 11.4 Å². The highest BCUT2D eigenvalue weighted by Gasteiger charge is 2.49. The summed E-state index contributed by atoms with van der Waals surface area (Å²) in [6, 6.07) is 0.775. The van der Waals surface area contributed by atoms with Gasteiger partial charge >= 0.3 is 6.18 Å². The van der Waals surface area contributed by atoms with Crippen molar-refractivity contribution in [3.8, 4) is 5.75 Å². The van der Waals surface area contributed by atoms with Crippen molar-refractivity contribution in [3.63, 3.8) is 0 Å². The van der Waals surface area contributed by atoms with E-state index in [-0.39, 0.29) is 53.8 Å². The lowest BCUT2D eigenvalue weighted by atomic mass is 9.73. The van der Waals surface area contributed by atoms with Gasteiger partial charge in [0.1, 0.15) is 18.7 Å². The van der Waals surface area contributed by atoms with Crippen LogP contribution < -0.4 is 10.9 Å². The zero-order valence-corrected chi connectivity index (χ0v) is 28.1. The van der Waals surface area contributed by atoms with Crippen LogP contribution in [0.2, 0.25) is 5.02 Å². The molecular weight excluding hydrogens is 700 g/mol. The van der Waals surface area contributed by atoms with E-state index in [0.717, 1.165) is 10.1 Å². The molecule has 2 amide bonds. The van der Waals surface area contributed by atoms with Gasteiger partial charge in [0.25, 0.3) is 11.5 Å². The maximum atomic E-state index is 14.9. The second-order valence-corrected chi connectivity index (χ2v) is 13.5. The van der Waals surface area contributed by atoms with Crippen LogP contribution in [0.1, 0.15) is 77.4 Å². The minimum atomic E-state index is -4.85. The zero-order chi connectivity index (χ0) is 36.4. The molecule has 1 aromatic carbocycles. The molecule has 51 heavy (non-hydrogen) atoms. The Morgan fingerprint density at radius 3 is 2.61 bits per heavy atom. The van der Waals surface area contributed by atoms with Crippen LogP contribution in [-0.4, -0.2) is 77.3 Å². The fourth-order valence-corrected chi connectivity index (χ4v) is 7.69. The molecule has 0 unspecified atom stereocenters. The largest absolute Gasteiger partial charge is 0.504 e. The summed E-state index contributed by atoms with van der Waals surface area (Å²) in [4.78, 5) is 55.4. The maximum Gasteiger partial charge on any atom is 0.416 e. The number of halogens is 5. The number of nitrogens with zero attached hydrogens (tertiary/aromatic N) is 7. The van der Waals surface area contributed by atoms with Crippen molar-refractivity contribution < 1.29 is 37.0 Å². The Labute approximate surface area is 291 Å².